The molecule has 0 spiro atoms. The van der Waals surface area contributed by atoms with Crippen LogP contribution in [0.25, 0.3) is 0 Å². The Morgan fingerprint density at radius 3 is 1.92 bits per heavy atom. The van der Waals surface area contributed by atoms with E-state index < -0.39 is 9.84 Å². The second-order valence-corrected chi connectivity index (χ2v) is 6.11. The van der Waals surface area contributed by atoms with Crippen LogP contribution in [0.1, 0.15) is 25.7 Å². The van der Waals surface area contributed by atoms with E-state index in [2.05, 4.69) is 0 Å². The van der Waals surface area contributed by atoms with Gasteiger partial charge in [0.15, 0.2) is 9.84 Å². The van der Waals surface area contributed by atoms with Crippen molar-refractivity contribution in [1.82, 2.24) is 0 Å². The minimum Gasteiger partial charge on any atom is -0.381 e. The van der Waals surface area contributed by atoms with E-state index in [0.717, 1.165) is 12.8 Å². The summed E-state index contributed by atoms with van der Waals surface area (Å²) < 4.78 is 28.5. The predicted molar refractivity (Wildman–Crippen MR) is 45.8 cm³/mol. The van der Waals surface area contributed by atoms with Crippen molar-refractivity contribution in [3.05, 3.63) is 0 Å². The quantitative estimate of drug-likeness (QED) is 0.645. The maximum Gasteiger partial charge on any atom is 0.156 e. The van der Waals surface area contributed by atoms with Crippen molar-refractivity contribution in [2.75, 3.05) is 13.2 Å². The molecule has 0 aromatic carbocycles. The molecule has 0 unspecified atom stereocenters. The van der Waals surface area contributed by atoms with Crippen LogP contribution in [-0.4, -0.2) is 32.1 Å². The Balaban J connectivity index is 2.05. The molecule has 1 heterocycles. The molecule has 3 nitrogen and oxygen atoms in total. The molecule has 1 aliphatic carbocycles. The third-order valence-corrected chi connectivity index (χ3v) is 5.42. The fraction of sp³-hybridized carbons (Fsp3) is 1.00. The maximum atomic E-state index is 11.7. The van der Waals surface area contributed by atoms with Gasteiger partial charge >= 0.3 is 0 Å². The first-order valence-corrected chi connectivity index (χ1v) is 6.12. The molecule has 0 amide bonds. The molecule has 0 aromatic heterocycles. The van der Waals surface area contributed by atoms with Crippen LogP contribution in [0, 0.1) is 0 Å². The van der Waals surface area contributed by atoms with Gasteiger partial charge in [0.25, 0.3) is 0 Å². The smallest absolute Gasteiger partial charge is 0.156 e. The largest absolute Gasteiger partial charge is 0.381 e. The average Bonchev–Trinajstić information content (AvgIpc) is 2.88. The van der Waals surface area contributed by atoms with Crippen LogP contribution in [-0.2, 0) is 14.6 Å². The van der Waals surface area contributed by atoms with Crippen molar-refractivity contribution < 1.29 is 13.2 Å². The van der Waals surface area contributed by atoms with Gasteiger partial charge < -0.3 is 4.74 Å². The number of ether oxygens (including phenoxy) is 1. The highest BCUT2D eigenvalue weighted by molar-refractivity contribution is 7.92. The van der Waals surface area contributed by atoms with Gasteiger partial charge in [-0.15, -0.1) is 0 Å². The summed E-state index contributed by atoms with van der Waals surface area (Å²) in [6, 6.07) is 0. The Morgan fingerprint density at radius 2 is 1.42 bits per heavy atom. The zero-order chi connectivity index (χ0) is 8.60. The Kier molecular flexibility index (Phi) is 2.12. The third-order valence-electron chi connectivity index (χ3n) is 2.62. The second kappa shape index (κ2) is 3.00. The molecule has 2 rings (SSSR count). The standard InChI is InChI=1S/C8H14O3S/c9-12(10,7-1-2-7)8-3-5-11-6-4-8/h7-8H,1-6H2. The van der Waals surface area contributed by atoms with Gasteiger partial charge in [-0.2, -0.15) is 0 Å². The van der Waals surface area contributed by atoms with Crippen molar-refractivity contribution in [1.29, 1.82) is 0 Å². The summed E-state index contributed by atoms with van der Waals surface area (Å²) in [6.45, 7) is 1.24. The summed E-state index contributed by atoms with van der Waals surface area (Å²) in [6.07, 6.45) is 3.19. The Bertz CT molecular complexity index is 247. The van der Waals surface area contributed by atoms with Crippen LogP contribution < -0.4 is 0 Å². The van der Waals surface area contributed by atoms with Crippen LogP contribution >= 0.6 is 0 Å². The van der Waals surface area contributed by atoms with E-state index in [0.29, 0.717) is 26.1 Å². The molecule has 2 fully saturated rings. The molecular weight excluding hydrogens is 176 g/mol. The third kappa shape index (κ3) is 1.50. The molecular formula is C8H14O3S. The summed E-state index contributed by atoms with van der Waals surface area (Å²) in [7, 11) is -2.77. The van der Waals surface area contributed by atoms with E-state index in [-0.39, 0.29) is 10.5 Å². The van der Waals surface area contributed by atoms with E-state index >= 15 is 0 Å². The van der Waals surface area contributed by atoms with Gasteiger partial charge in [0, 0.05) is 13.2 Å². The number of rotatable bonds is 2. The average molecular weight is 190 g/mol. The van der Waals surface area contributed by atoms with Gasteiger partial charge in [-0.3, -0.25) is 0 Å². The van der Waals surface area contributed by atoms with Crippen LogP contribution in [0.3, 0.4) is 0 Å². The lowest BCUT2D eigenvalue weighted by atomic mass is 10.2. The van der Waals surface area contributed by atoms with E-state index in [9.17, 15) is 8.42 Å². The lowest BCUT2D eigenvalue weighted by Crippen LogP contribution is -2.31. The number of hydrogen-bond acceptors (Lipinski definition) is 3. The van der Waals surface area contributed by atoms with Crippen LogP contribution in [0.4, 0.5) is 0 Å². The molecule has 0 radical (unpaired) electrons. The molecule has 0 bridgehead atoms. The van der Waals surface area contributed by atoms with E-state index in [1.807, 2.05) is 0 Å². The number of sulfone groups is 1. The van der Waals surface area contributed by atoms with Gasteiger partial charge in [-0.25, -0.2) is 8.42 Å². The zero-order valence-electron chi connectivity index (χ0n) is 7.03. The van der Waals surface area contributed by atoms with Crippen molar-refractivity contribution >= 4 is 9.84 Å². The summed E-state index contributed by atoms with van der Waals surface area (Å²) in [5, 5.41) is -0.0978. The van der Waals surface area contributed by atoms with E-state index in [4.69, 9.17) is 4.74 Å². The summed E-state index contributed by atoms with van der Waals surface area (Å²) in [4.78, 5) is 0. The highest BCUT2D eigenvalue weighted by Crippen LogP contribution is 2.34. The molecule has 2 aliphatic rings. The van der Waals surface area contributed by atoms with Crippen molar-refractivity contribution in [2.24, 2.45) is 0 Å². The molecule has 12 heavy (non-hydrogen) atoms. The normalized spacial score (nSPS) is 27.3. The molecule has 70 valence electrons. The Labute approximate surface area is 73.0 Å². The van der Waals surface area contributed by atoms with Crippen molar-refractivity contribution in [3.8, 4) is 0 Å². The first kappa shape index (κ1) is 8.51. The Morgan fingerprint density at radius 1 is 0.917 bits per heavy atom. The van der Waals surface area contributed by atoms with Gasteiger partial charge in [0.1, 0.15) is 0 Å². The molecule has 0 aromatic rings. The van der Waals surface area contributed by atoms with Crippen molar-refractivity contribution in [2.45, 2.75) is 36.2 Å². The minimum absolute atomic E-state index is 0.000556. The van der Waals surface area contributed by atoms with Crippen molar-refractivity contribution in [3.63, 3.8) is 0 Å². The molecule has 0 atom stereocenters. The summed E-state index contributed by atoms with van der Waals surface area (Å²) >= 11 is 0. The predicted octanol–water partition coefficient (Wildman–Crippen LogP) is 0.743. The van der Waals surface area contributed by atoms with Crippen LogP contribution in [0.5, 0.6) is 0 Å². The Hall–Kier alpha value is -0.0900. The highest BCUT2D eigenvalue weighted by Gasteiger charge is 2.41. The van der Waals surface area contributed by atoms with Gasteiger partial charge in [-0.1, -0.05) is 0 Å². The molecule has 1 saturated heterocycles. The van der Waals surface area contributed by atoms with E-state index in [1.54, 1.807) is 0 Å². The lowest BCUT2D eigenvalue weighted by molar-refractivity contribution is 0.0983. The van der Waals surface area contributed by atoms with Crippen LogP contribution in [0.2, 0.25) is 0 Å². The van der Waals surface area contributed by atoms with Crippen LogP contribution in [0.15, 0.2) is 0 Å². The van der Waals surface area contributed by atoms with Gasteiger partial charge in [0.2, 0.25) is 0 Å². The minimum atomic E-state index is -2.77. The zero-order valence-corrected chi connectivity index (χ0v) is 7.85. The highest BCUT2D eigenvalue weighted by atomic mass is 32.2. The SMILES string of the molecule is O=S(=O)(C1CCOCC1)C1CC1. The maximum absolute atomic E-state index is 11.7. The van der Waals surface area contributed by atoms with Gasteiger partial charge in [-0.05, 0) is 25.7 Å². The van der Waals surface area contributed by atoms with E-state index in [1.165, 1.54) is 0 Å². The summed E-state index contributed by atoms with van der Waals surface area (Å²) in [5.74, 6) is 0. The summed E-state index contributed by atoms with van der Waals surface area (Å²) in [5.41, 5.74) is 0. The number of hydrogen-bond donors (Lipinski definition) is 0. The molecule has 1 aliphatic heterocycles. The monoisotopic (exact) mass is 190 g/mol. The fourth-order valence-corrected chi connectivity index (χ4v) is 3.86. The molecule has 0 N–H and O–H groups in total. The fourth-order valence-electron chi connectivity index (χ4n) is 1.67. The molecule has 1 saturated carbocycles. The first-order valence-electron chi connectivity index (χ1n) is 4.52. The molecule has 4 heteroatoms. The van der Waals surface area contributed by atoms with Gasteiger partial charge in [0.05, 0.1) is 10.5 Å². The second-order valence-electron chi connectivity index (χ2n) is 3.60. The topological polar surface area (TPSA) is 43.4 Å². The lowest BCUT2D eigenvalue weighted by Gasteiger charge is -2.21. The first-order chi connectivity index (χ1) is 5.71.